The van der Waals surface area contributed by atoms with E-state index in [0.717, 1.165) is 35.8 Å². The molecule has 0 fully saturated rings. The van der Waals surface area contributed by atoms with Crippen LogP contribution in [0.2, 0.25) is 0 Å². The molecule has 1 heterocycles. The van der Waals surface area contributed by atoms with Crippen LogP contribution >= 0.6 is 11.8 Å². The van der Waals surface area contributed by atoms with Gasteiger partial charge in [0.05, 0.1) is 17.5 Å². The molecule has 1 aromatic carbocycles. The Kier molecular flexibility index (Phi) is 5.58. The Bertz CT molecular complexity index is 779. The van der Waals surface area contributed by atoms with Crippen LogP contribution in [-0.4, -0.2) is 27.7 Å². The van der Waals surface area contributed by atoms with E-state index in [1.807, 2.05) is 45.0 Å². The minimum atomic E-state index is -0.256. The van der Waals surface area contributed by atoms with Crippen molar-refractivity contribution < 1.29 is 9.53 Å². The molecular weight excluding hydrogens is 334 g/mol. The lowest BCUT2D eigenvalue weighted by Crippen LogP contribution is -2.23. The molecule has 0 bridgehead atoms. The van der Waals surface area contributed by atoms with E-state index in [2.05, 4.69) is 15.3 Å². The number of carbonyl (C=O) groups excluding carboxylic acids is 1. The number of aromatic nitrogens is 2. The van der Waals surface area contributed by atoms with Gasteiger partial charge in [-0.2, -0.15) is 0 Å². The van der Waals surface area contributed by atoms with Gasteiger partial charge in [-0.15, -0.1) is 0 Å². The van der Waals surface area contributed by atoms with Gasteiger partial charge in [-0.3, -0.25) is 4.79 Å². The maximum atomic E-state index is 12.6. The van der Waals surface area contributed by atoms with Crippen molar-refractivity contribution in [3.63, 3.8) is 0 Å². The number of rotatable bonds is 6. The number of fused-ring (bicyclic) bond motifs is 1. The van der Waals surface area contributed by atoms with E-state index >= 15 is 0 Å². The number of ether oxygens (including phenoxy) is 1. The summed E-state index contributed by atoms with van der Waals surface area (Å²) in [6, 6.07) is 7.49. The van der Waals surface area contributed by atoms with Gasteiger partial charge in [-0.1, -0.05) is 23.9 Å². The van der Waals surface area contributed by atoms with Crippen LogP contribution in [0.5, 0.6) is 5.75 Å². The first-order valence-electron chi connectivity index (χ1n) is 8.64. The van der Waals surface area contributed by atoms with Gasteiger partial charge in [0, 0.05) is 11.3 Å². The molecule has 0 saturated carbocycles. The lowest BCUT2D eigenvalue weighted by Gasteiger charge is -2.16. The average Bonchev–Trinajstić information content (AvgIpc) is 3.05. The number of amides is 1. The largest absolute Gasteiger partial charge is 0.492 e. The predicted molar refractivity (Wildman–Crippen MR) is 100 cm³/mol. The average molecular weight is 357 g/mol. The van der Waals surface area contributed by atoms with Crippen LogP contribution in [0.4, 0.5) is 5.69 Å². The molecule has 0 aliphatic heterocycles. The lowest BCUT2D eigenvalue weighted by molar-refractivity contribution is -0.115. The van der Waals surface area contributed by atoms with Crippen molar-refractivity contribution in [1.29, 1.82) is 0 Å². The summed E-state index contributed by atoms with van der Waals surface area (Å²) in [6.45, 7) is 6.30. The molecule has 0 radical (unpaired) electrons. The van der Waals surface area contributed by atoms with Crippen molar-refractivity contribution in [3.05, 3.63) is 41.3 Å². The molecule has 3 rings (SSSR count). The molecule has 25 heavy (non-hydrogen) atoms. The molecule has 0 unspecified atom stereocenters. The summed E-state index contributed by atoms with van der Waals surface area (Å²) in [6.07, 6.45) is 3.12. The third-order valence-corrected chi connectivity index (χ3v) is 5.24. The Morgan fingerprint density at radius 2 is 2.12 bits per heavy atom. The van der Waals surface area contributed by atoms with Gasteiger partial charge < -0.3 is 10.1 Å². The minimum absolute atomic E-state index is 0.0554. The number of aryl methyl sites for hydroxylation is 2. The van der Waals surface area contributed by atoms with Gasteiger partial charge in [0.1, 0.15) is 16.6 Å². The van der Waals surface area contributed by atoms with Crippen molar-refractivity contribution in [1.82, 2.24) is 9.97 Å². The standard InChI is InChI=1S/C19H23N3O2S/c1-4-24-17-11-6-5-9-16(17)22-18(23)12(2)25-19-14-8-7-10-15(14)20-13(3)21-19/h5-6,9,11-12H,4,7-8,10H2,1-3H3,(H,22,23)/t12-/m0/s1. The van der Waals surface area contributed by atoms with Crippen LogP contribution in [0.3, 0.4) is 0 Å². The highest BCUT2D eigenvalue weighted by Gasteiger charge is 2.23. The zero-order valence-electron chi connectivity index (χ0n) is 14.8. The number of para-hydroxylation sites is 2. The predicted octanol–water partition coefficient (Wildman–Crippen LogP) is 3.79. The van der Waals surface area contributed by atoms with E-state index < -0.39 is 0 Å². The van der Waals surface area contributed by atoms with Crippen LogP contribution < -0.4 is 10.1 Å². The SMILES string of the molecule is CCOc1ccccc1NC(=O)[C@H](C)Sc1nc(C)nc2c1CCC2. The third-order valence-electron chi connectivity index (χ3n) is 4.11. The van der Waals surface area contributed by atoms with Crippen molar-refractivity contribution >= 4 is 23.4 Å². The summed E-state index contributed by atoms with van der Waals surface area (Å²) in [5.41, 5.74) is 3.06. The smallest absolute Gasteiger partial charge is 0.237 e. The summed E-state index contributed by atoms with van der Waals surface area (Å²) in [7, 11) is 0. The molecule has 1 aliphatic rings. The maximum Gasteiger partial charge on any atom is 0.237 e. The normalized spacial score (nSPS) is 14.0. The van der Waals surface area contributed by atoms with Crippen molar-refractivity contribution in [2.24, 2.45) is 0 Å². The molecule has 6 heteroatoms. The number of thioether (sulfide) groups is 1. The van der Waals surface area contributed by atoms with Crippen molar-refractivity contribution in [3.8, 4) is 5.75 Å². The number of carbonyl (C=O) groups is 1. The topological polar surface area (TPSA) is 64.1 Å². The molecule has 2 aromatic rings. The van der Waals surface area contributed by atoms with E-state index in [0.29, 0.717) is 18.0 Å². The van der Waals surface area contributed by atoms with Crippen molar-refractivity contribution in [2.45, 2.75) is 50.3 Å². The van der Waals surface area contributed by atoms with E-state index in [1.165, 1.54) is 17.3 Å². The molecule has 5 nitrogen and oxygen atoms in total. The molecule has 1 aliphatic carbocycles. The lowest BCUT2D eigenvalue weighted by atomic mass is 10.3. The number of benzene rings is 1. The van der Waals surface area contributed by atoms with Crippen LogP contribution in [-0.2, 0) is 17.6 Å². The second-order valence-electron chi connectivity index (χ2n) is 6.03. The Hall–Kier alpha value is -2.08. The van der Waals surface area contributed by atoms with Crippen LogP contribution in [0.25, 0.3) is 0 Å². The fraction of sp³-hybridized carbons (Fsp3) is 0.421. The Labute approximate surface area is 152 Å². The summed E-state index contributed by atoms with van der Waals surface area (Å²) in [5.74, 6) is 1.41. The molecule has 1 N–H and O–H groups in total. The Morgan fingerprint density at radius 1 is 1.32 bits per heavy atom. The van der Waals surface area contributed by atoms with Gasteiger partial charge in [0.2, 0.25) is 5.91 Å². The highest BCUT2D eigenvalue weighted by molar-refractivity contribution is 8.00. The van der Waals surface area contributed by atoms with Gasteiger partial charge in [0.15, 0.2) is 0 Å². The second kappa shape index (κ2) is 7.87. The van der Waals surface area contributed by atoms with E-state index in [9.17, 15) is 4.79 Å². The summed E-state index contributed by atoms with van der Waals surface area (Å²) >= 11 is 1.51. The Balaban J connectivity index is 1.72. The summed E-state index contributed by atoms with van der Waals surface area (Å²) < 4.78 is 5.57. The number of hydrogen-bond acceptors (Lipinski definition) is 5. The highest BCUT2D eigenvalue weighted by Crippen LogP contribution is 2.32. The monoisotopic (exact) mass is 357 g/mol. The molecule has 132 valence electrons. The first-order valence-corrected chi connectivity index (χ1v) is 9.52. The first kappa shape index (κ1) is 17.7. The van der Waals surface area contributed by atoms with Crippen LogP contribution in [0.1, 0.15) is 37.4 Å². The van der Waals surface area contributed by atoms with Crippen molar-refractivity contribution in [2.75, 3.05) is 11.9 Å². The van der Waals surface area contributed by atoms with Gasteiger partial charge >= 0.3 is 0 Å². The van der Waals surface area contributed by atoms with Gasteiger partial charge in [-0.05, 0) is 52.2 Å². The fourth-order valence-corrected chi connectivity index (χ4v) is 3.97. The fourth-order valence-electron chi connectivity index (χ4n) is 2.92. The van der Waals surface area contributed by atoms with E-state index in [-0.39, 0.29) is 11.2 Å². The quantitative estimate of drug-likeness (QED) is 0.629. The van der Waals surface area contributed by atoms with Gasteiger partial charge in [-0.25, -0.2) is 9.97 Å². The number of hydrogen-bond donors (Lipinski definition) is 1. The number of nitrogens with one attached hydrogen (secondary N) is 1. The summed E-state index contributed by atoms with van der Waals surface area (Å²) in [4.78, 5) is 21.7. The molecule has 0 spiro atoms. The Morgan fingerprint density at radius 3 is 2.92 bits per heavy atom. The first-order chi connectivity index (χ1) is 12.1. The molecule has 1 atom stereocenters. The van der Waals surface area contributed by atoms with Gasteiger partial charge in [0.25, 0.3) is 0 Å². The zero-order valence-corrected chi connectivity index (χ0v) is 15.7. The number of anilines is 1. The zero-order chi connectivity index (χ0) is 17.8. The molecule has 0 saturated heterocycles. The summed E-state index contributed by atoms with van der Waals surface area (Å²) in [5, 5.41) is 3.66. The number of nitrogens with zero attached hydrogens (tertiary/aromatic N) is 2. The molecular formula is C19H23N3O2S. The van der Waals surface area contributed by atoms with Crippen LogP contribution in [0, 0.1) is 6.92 Å². The third kappa shape index (κ3) is 4.12. The van der Waals surface area contributed by atoms with E-state index in [1.54, 1.807) is 0 Å². The van der Waals surface area contributed by atoms with Crippen LogP contribution in [0.15, 0.2) is 29.3 Å². The van der Waals surface area contributed by atoms with E-state index in [4.69, 9.17) is 4.74 Å². The maximum absolute atomic E-state index is 12.6. The minimum Gasteiger partial charge on any atom is -0.492 e. The highest BCUT2D eigenvalue weighted by atomic mass is 32.2. The molecule has 1 aromatic heterocycles. The molecule has 1 amide bonds. The second-order valence-corrected chi connectivity index (χ2v) is 7.36.